The molecule has 0 radical (unpaired) electrons. The molecule has 0 fully saturated rings. The van der Waals surface area contributed by atoms with E-state index in [1.165, 1.54) is 6.07 Å². The van der Waals surface area contributed by atoms with E-state index in [0.29, 0.717) is 11.3 Å². The molecule has 1 atom stereocenters. The van der Waals surface area contributed by atoms with Crippen molar-refractivity contribution in [1.82, 2.24) is 0 Å². The van der Waals surface area contributed by atoms with Gasteiger partial charge in [-0.3, -0.25) is 15.1 Å². The molecule has 1 unspecified atom stereocenters. The maximum Gasteiger partial charge on any atom is 0.328 e. The molecule has 0 amide bonds. The highest BCUT2D eigenvalue weighted by atomic mass is 16.6. The molecule has 0 heterocycles. The van der Waals surface area contributed by atoms with Crippen molar-refractivity contribution in [3.05, 3.63) is 112 Å². The molecule has 6 heteroatoms. The Balaban J connectivity index is 2.06. The molecule has 3 aromatic rings. The smallest absolute Gasteiger partial charge is 0.328 e. The highest BCUT2D eigenvalue weighted by Gasteiger charge is 2.23. The Hall–Kier alpha value is -3.80. The van der Waals surface area contributed by atoms with Crippen LogP contribution in [0.25, 0.3) is 0 Å². The summed E-state index contributed by atoms with van der Waals surface area (Å²) in [6.07, 6.45) is -0.0738. The number of para-hydroxylation sites is 1. The van der Waals surface area contributed by atoms with E-state index in [4.69, 9.17) is 0 Å². The maximum atomic E-state index is 11.9. The monoisotopic (exact) mass is 374 g/mol. The van der Waals surface area contributed by atoms with Gasteiger partial charge in [-0.05, 0) is 0 Å². The predicted octanol–water partition coefficient (Wildman–Crippen LogP) is 4.13. The number of hydrogen-bond acceptors (Lipinski definition) is 4. The van der Waals surface area contributed by atoms with Crippen molar-refractivity contribution in [3.63, 3.8) is 0 Å². The van der Waals surface area contributed by atoms with E-state index in [1.54, 1.807) is 18.2 Å². The fourth-order valence-electron chi connectivity index (χ4n) is 2.92. The van der Waals surface area contributed by atoms with Gasteiger partial charge in [0.15, 0.2) is 6.04 Å². The van der Waals surface area contributed by atoms with Gasteiger partial charge in [0.25, 0.3) is 5.69 Å². The van der Waals surface area contributed by atoms with Gasteiger partial charge in [-0.15, -0.1) is 0 Å². The lowest BCUT2D eigenvalue weighted by atomic mass is 10.00. The molecule has 6 nitrogen and oxygen atoms in total. The normalized spacial score (nSPS) is 11.4. The summed E-state index contributed by atoms with van der Waals surface area (Å²) in [7, 11) is 0. The second-order valence-electron chi connectivity index (χ2n) is 6.15. The van der Waals surface area contributed by atoms with Crippen LogP contribution in [0.1, 0.15) is 16.7 Å². The number of benzene rings is 3. The predicted molar refractivity (Wildman–Crippen MR) is 107 cm³/mol. The van der Waals surface area contributed by atoms with Crippen molar-refractivity contribution in [2.45, 2.75) is 12.5 Å². The molecule has 0 bridgehead atoms. The first kappa shape index (κ1) is 19.0. The molecule has 0 aromatic heterocycles. The highest BCUT2D eigenvalue weighted by Crippen LogP contribution is 2.21. The Bertz CT molecular complexity index is 960. The number of nitro groups is 1. The zero-order valence-electron chi connectivity index (χ0n) is 14.9. The zero-order chi connectivity index (χ0) is 19.9. The molecule has 0 saturated heterocycles. The summed E-state index contributed by atoms with van der Waals surface area (Å²) >= 11 is 0. The van der Waals surface area contributed by atoms with Gasteiger partial charge in [-0.2, -0.15) is 0 Å². The summed E-state index contributed by atoms with van der Waals surface area (Å²) in [5.41, 5.74) is 2.33. The molecule has 0 aliphatic carbocycles. The second kappa shape index (κ2) is 8.73. The van der Waals surface area contributed by atoms with Gasteiger partial charge < -0.3 is 5.11 Å². The lowest BCUT2D eigenvalue weighted by molar-refractivity contribution is -0.385. The largest absolute Gasteiger partial charge is 0.480 e. The average molecular weight is 374 g/mol. The molecule has 3 aromatic carbocycles. The minimum atomic E-state index is -1.16. The zero-order valence-corrected chi connectivity index (χ0v) is 14.9. The third-order valence-electron chi connectivity index (χ3n) is 4.27. The van der Waals surface area contributed by atoms with Crippen LogP contribution >= 0.6 is 0 Å². The lowest BCUT2D eigenvalue weighted by Gasteiger charge is -2.13. The van der Waals surface area contributed by atoms with E-state index in [0.717, 1.165) is 11.1 Å². The molecule has 3 rings (SSSR count). The maximum absolute atomic E-state index is 11.9. The number of aliphatic carboxylic acids is 1. The van der Waals surface area contributed by atoms with Crippen LogP contribution in [0.5, 0.6) is 0 Å². The molecular weight excluding hydrogens is 356 g/mol. The van der Waals surface area contributed by atoms with Gasteiger partial charge in [0.2, 0.25) is 0 Å². The summed E-state index contributed by atoms with van der Waals surface area (Å²) in [4.78, 5) is 27.2. The van der Waals surface area contributed by atoms with Crippen LogP contribution in [0.15, 0.2) is 89.9 Å². The number of carbonyl (C=O) groups is 1. The molecule has 140 valence electrons. The average Bonchev–Trinajstić information content (AvgIpc) is 2.72. The Morgan fingerprint density at radius 1 is 0.893 bits per heavy atom. The van der Waals surface area contributed by atoms with Crippen LogP contribution < -0.4 is 0 Å². The van der Waals surface area contributed by atoms with Crippen molar-refractivity contribution < 1.29 is 14.8 Å². The van der Waals surface area contributed by atoms with E-state index >= 15 is 0 Å². The summed E-state index contributed by atoms with van der Waals surface area (Å²) in [5.74, 6) is -1.14. The summed E-state index contributed by atoms with van der Waals surface area (Å²) < 4.78 is 0. The van der Waals surface area contributed by atoms with Gasteiger partial charge in [-0.1, -0.05) is 78.9 Å². The van der Waals surface area contributed by atoms with Gasteiger partial charge in [0, 0.05) is 29.2 Å². The summed E-state index contributed by atoms with van der Waals surface area (Å²) in [5, 5.41) is 21.0. The standard InChI is InChI=1S/C22H18N2O4/c25-22(26)19(15-18-13-7-8-14-20(18)24(27)28)23-21(16-9-3-1-4-10-16)17-11-5-2-6-12-17/h1-14,19H,15H2,(H,25,26). The second-order valence-corrected chi connectivity index (χ2v) is 6.15. The van der Waals surface area contributed by atoms with Crippen LogP contribution in [0, 0.1) is 10.1 Å². The first-order valence-corrected chi connectivity index (χ1v) is 8.70. The fraction of sp³-hybridized carbons (Fsp3) is 0.0909. The van der Waals surface area contributed by atoms with E-state index in [9.17, 15) is 20.0 Å². The molecule has 0 aliphatic heterocycles. The Morgan fingerprint density at radius 2 is 1.39 bits per heavy atom. The highest BCUT2D eigenvalue weighted by molar-refractivity contribution is 6.13. The Kier molecular flexibility index (Phi) is 5.91. The third-order valence-corrected chi connectivity index (χ3v) is 4.27. The van der Waals surface area contributed by atoms with Crippen LogP contribution in [-0.2, 0) is 11.2 Å². The minimum Gasteiger partial charge on any atom is -0.480 e. The van der Waals surface area contributed by atoms with Crippen molar-refractivity contribution in [2.24, 2.45) is 4.99 Å². The first-order valence-electron chi connectivity index (χ1n) is 8.70. The topological polar surface area (TPSA) is 92.8 Å². The summed E-state index contributed by atoms with van der Waals surface area (Å²) in [6, 6.07) is 23.6. The van der Waals surface area contributed by atoms with E-state index in [-0.39, 0.29) is 12.1 Å². The quantitative estimate of drug-likeness (QED) is 0.382. The molecule has 0 spiro atoms. The number of rotatable bonds is 7. The first-order chi connectivity index (χ1) is 13.6. The van der Waals surface area contributed by atoms with Gasteiger partial charge in [-0.25, -0.2) is 4.79 Å². The van der Waals surface area contributed by atoms with E-state index < -0.39 is 16.9 Å². The van der Waals surface area contributed by atoms with Crippen molar-refractivity contribution >= 4 is 17.4 Å². The number of hydrogen-bond donors (Lipinski definition) is 1. The number of nitro benzene ring substituents is 1. The number of carboxylic acid groups (broad SMARTS) is 1. The molecule has 28 heavy (non-hydrogen) atoms. The van der Waals surface area contributed by atoms with Crippen LogP contribution in [0.3, 0.4) is 0 Å². The lowest BCUT2D eigenvalue weighted by Crippen LogP contribution is -2.23. The number of aliphatic imine (C=N–C) groups is 1. The number of carboxylic acids is 1. The van der Waals surface area contributed by atoms with Crippen molar-refractivity contribution in [1.29, 1.82) is 0 Å². The van der Waals surface area contributed by atoms with Crippen molar-refractivity contribution in [3.8, 4) is 0 Å². The Labute approximate surface area is 162 Å². The SMILES string of the molecule is O=C(O)C(Cc1ccccc1[N+](=O)[O-])N=C(c1ccccc1)c1ccccc1. The van der Waals surface area contributed by atoms with Gasteiger partial charge in [0.05, 0.1) is 10.6 Å². The minimum absolute atomic E-state index is 0.0738. The van der Waals surface area contributed by atoms with Crippen LogP contribution in [0.4, 0.5) is 5.69 Å². The molecule has 1 N–H and O–H groups in total. The fourth-order valence-corrected chi connectivity index (χ4v) is 2.92. The molecule has 0 saturated carbocycles. The van der Waals surface area contributed by atoms with Crippen LogP contribution in [-0.4, -0.2) is 27.8 Å². The number of nitrogens with zero attached hydrogens (tertiary/aromatic N) is 2. The van der Waals surface area contributed by atoms with Gasteiger partial charge in [0.1, 0.15) is 0 Å². The summed E-state index contributed by atoms with van der Waals surface area (Å²) in [6.45, 7) is 0. The van der Waals surface area contributed by atoms with Crippen LogP contribution in [0.2, 0.25) is 0 Å². The molecule has 0 aliphatic rings. The van der Waals surface area contributed by atoms with Gasteiger partial charge >= 0.3 is 5.97 Å². The third kappa shape index (κ3) is 4.48. The van der Waals surface area contributed by atoms with E-state index in [2.05, 4.69) is 4.99 Å². The molecular formula is C22H18N2O4. The van der Waals surface area contributed by atoms with Crippen molar-refractivity contribution in [2.75, 3.05) is 0 Å². The Morgan fingerprint density at radius 3 is 1.89 bits per heavy atom. The van der Waals surface area contributed by atoms with E-state index in [1.807, 2.05) is 60.7 Å².